The zero-order valence-corrected chi connectivity index (χ0v) is 9.55. The molecule has 1 aromatic heterocycles. The molecule has 0 aliphatic rings. The van der Waals surface area contributed by atoms with Crippen LogP contribution in [-0.2, 0) is 6.42 Å². The number of pyridine rings is 1. The SMILES string of the molecule is COc1ccc(-c2ccc(CC#N)cn2)cc1. The van der Waals surface area contributed by atoms with Crippen LogP contribution in [0.25, 0.3) is 11.3 Å². The summed E-state index contributed by atoms with van der Waals surface area (Å²) in [5.41, 5.74) is 2.87. The second-order valence-corrected chi connectivity index (χ2v) is 3.62. The van der Waals surface area contributed by atoms with Gasteiger partial charge < -0.3 is 4.74 Å². The lowest BCUT2D eigenvalue weighted by Gasteiger charge is -2.03. The molecule has 1 aromatic carbocycles. The van der Waals surface area contributed by atoms with Crippen LogP contribution in [0.2, 0.25) is 0 Å². The molecule has 2 rings (SSSR count). The van der Waals surface area contributed by atoms with Crippen LogP contribution < -0.4 is 4.74 Å². The van der Waals surface area contributed by atoms with E-state index < -0.39 is 0 Å². The van der Waals surface area contributed by atoms with Gasteiger partial charge in [0.25, 0.3) is 0 Å². The van der Waals surface area contributed by atoms with Gasteiger partial charge in [0.1, 0.15) is 5.75 Å². The highest BCUT2D eigenvalue weighted by atomic mass is 16.5. The summed E-state index contributed by atoms with van der Waals surface area (Å²) in [6, 6.07) is 13.7. The molecule has 0 aliphatic heterocycles. The van der Waals surface area contributed by atoms with Gasteiger partial charge in [0.05, 0.1) is 25.3 Å². The molecule has 0 fully saturated rings. The van der Waals surface area contributed by atoms with E-state index in [1.54, 1.807) is 13.3 Å². The van der Waals surface area contributed by atoms with Gasteiger partial charge in [-0.2, -0.15) is 5.26 Å². The highest BCUT2D eigenvalue weighted by molar-refractivity contribution is 5.60. The fourth-order valence-electron chi connectivity index (χ4n) is 1.55. The van der Waals surface area contributed by atoms with Crippen LogP contribution in [-0.4, -0.2) is 12.1 Å². The molecule has 0 bridgehead atoms. The number of hydrogen-bond acceptors (Lipinski definition) is 3. The van der Waals surface area contributed by atoms with E-state index in [2.05, 4.69) is 11.1 Å². The van der Waals surface area contributed by atoms with Crippen LogP contribution in [0.1, 0.15) is 5.56 Å². The molecule has 1 heterocycles. The number of ether oxygens (including phenoxy) is 1. The minimum Gasteiger partial charge on any atom is -0.497 e. The van der Waals surface area contributed by atoms with Crippen molar-refractivity contribution in [2.24, 2.45) is 0 Å². The second-order valence-electron chi connectivity index (χ2n) is 3.62. The molecule has 3 nitrogen and oxygen atoms in total. The third-order valence-corrected chi connectivity index (χ3v) is 2.49. The van der Waals surface area contributed by atoms with Crippen LogP contribution in [0.4, 0.5) is 0 Å². The molecule has 0 saturated carbocycles. The topological polar surface area (TPSA) is 45.9 Å². The Kier molecular flexibility index (Phi) is 3.37. The van der Waals surface area contributed by atoms with E-state index in [9.17, 15) is 0 Å². The molecule has 84 valence electrons. The van der Waals surface area contributed by atoms with Gasteiger partial charge in [-0.05, 0) is 35.9 Å². The van der Waals surface area contributed by atoms with Crippen LogP contribution in [0.15, 0.2) is 42.6 Å². The second kappa shape index (κ2) is 5.13. The first-order chi connectivity index (χ1) is 8.33. The van der Waals surface area contributed by atoms with Gasteiger partial charge >= 0.3 is 0 Å². The predicted molar refractivity (Wildman–Crippen MR) is 65.5 cm³/mol. The maximum Gasteiger partial charge on any atom is 0.118 e. The molecular weight excluding hydrogens is 212 g/mol. The van der Waals surface area contributed by atoms with E-state index in [1.165, 1.54) is 0 Å². The van der Waals surface area contributed by atoms with Crippen LogP contribution in [0.3, 0.4) is 0 Å². The van der Waals surface area contributed by atoms with E-state index in [0.717, 1.165) is 22.6 Å². The van der Waals surface area contributed by atoms with E-state index in [0.29, 0.717) is 6.42 Å². The number of nitriles is 1. The summed E-state index contributed by atoms with van der Waals surface area (Å²) in [6.07, 6.45) is 2.14. The molecule has 2 aromatic rings. The third kappa shape index (κ3) is 2.61. The zero-order chi connectivity index (χ0) is 12.1. The lowest BCUT2D eigenvalue weighted by Crippen LogP contribution is -1.88. The maximum absolute atomic E-state index is 8.57. The summed E-state index contributed by atoms with van der Waals surface area (Å²) < 4.78 is 5.10. The Labute approximate surface area is 100 Å². The molecule has 0 amide bonds. The number of benzene rings is 1. The Morgan fingerprint density at radius 1 is 1.18 bits per heavy atom. The first kappa shape index (κ1) is 11.2. The number of aromatic nitrogens is 1. The zero-order valence-electron chi connectivity index (χ0n) is 9.55. The minimum atomic E-state index is 0.399. The Bertz CT molecular complexity index is 524. The highest BCUT2D eigenvalue weighted by Crippen LogP contribution is 2.20. The smallest absolute Gasteiger partial charge is 0.118 e. The van der Waals surface area contributed by atoms with Crippen LogP contribution in [0.5, 0.6) is 5.75 Å². The van der Waals surface area contributed by atoms with Gasteiger partial charge in [-0.3, -0.25) is 4.98 Å². The van der Waals surface area contributed by atoms with Gasteiger partial charge in [-0.1, -0.05) is 6.07 Å². The monoisotopic (exact) mass is 224 g/mol. The number of hydrogen-bond donors (Lipinski definition) is 0. The van der Waals surface area contributed by atoms with Gasteiger partial charge in [0.15, 0.2) is 0 Å². The lowest BCUT2D eigenvalue weighted by atomic mass is 10.1. The van der Waals surface area contributed by atoms with Gasteiger partial charge in [-0.25, -0.2) is 0 Å². The van der Waals surface area contributed by atoms with Crippen molar-refractivity contribution in [3.63, 3.8) is 0 Å². The predicted octanol–water partition coefficient (Wildman–Crippen LogP) is 2.82. The van der Waals surface area contributed by atoms with Crippen molar-refractivity contribution in [1.29, 1.82) is 5.26 Å². The molecule has 0 radical (unpaired) electrons. The molecule has 3 heteroatoms. The van der Waals surface area contributed by atoms with Crippen molar-refractivity contribution in [2.45, 2.75) is 6.42 Å². The highest BCUT2D eigenvalue weighted by Gasteiger charge is 2.00. The molecule has 0 atom stereocenters. The molecule has 0 saturated heterocycles. The first-order valence-corrected chi connectivity index (χ1v) is 5.30. The summed E-state index contributed by atoms with van der Waals surface area (Å²) in [5, 5.41) is 8.57. The summed E-state index contributed by atoms with van der Waals surface area (Å²) in [6.45, 7) is 0. The molecule has 17 heavy (non-hydrogen) atoms. The maximum atomic E-state index is 8.57. The quantitative estimate of drug-likeness (QED) is 0.805. The third-order valence-electron chi connectivity index (χ3n) is 2.49. The Hall–Kier alpha value is -2.34. The number of nitrogens with zero attached hydrogens (tertiary/aromatic N) is 2. The van der Waals surface area contributed by atoms with E-state index in [-0.39, 0.29) is 0 Å². The van der Waals surface area contributed by atoms with Crippen molar-refractivity contribution in [3.8, 4) is 23.1 Å². The van der Waals surface area contributed by atoms with Crippen LogP contribution in [0, 0.1) is 11.3 Å². The van der Waals surface area contributed by atoms with E-state index in [4.69, 9.17) is 10.00 Å². The molecule has 0 unspecified atom stereocenters. The summed E-state index contributed by atoms with van der Waals surface area (Å²) in [7, 11) is 1.64. The van der Waals surface area contributed by atoms with E-state index >= 15 is 0 Å². The van der Waals surface area contributed by atoms with Crippen LogP contribution >= 0.6 is 0 Å². The van der Waals surface area contributed by atoms with Gasteiger partial charge in [0, 0.05) is 11.8 Å². The van der Waals surface area contributed by atoms with Crippen molar-refractivity contribution in [1.82, 2.24) is 4.98 Å². The molecule has 0 aliphatic carbocycles. The van der Waals surface area contributed by atoms with Gasteiger partial charge in [-0.15, -0.1) is 0 Å². The Morgan fingerprint density at radius 2 is 1.94 bits per heavy atom. The average molecular weight is 224 g/mol. The summed E-state index contributed by atoms with van der Waals surface area (Å²) >= 11 is 0. The van der Waals surface area contributed by atoms with Crippen molar-refractivity contribution < 1.29 is 4.74 Å². The van der Waals surface area contributed by atoms with Crippen molar-refractivity contribution >= 4 is 0 Å². The molecule has 0 N–H and O–H groups in total. The van der Waals surface area contributed by atoms with Crippen molar-refractivity contribution in [3.05, 3.63) is 48.2 Å². The lowest BCUT2D eigenvalue weighted by molar-refractivity contribution is 0.415. The fraction of sp³-hybridized carbons (Fsp3) is 0.143. The summed E-state index contributed by atoms with van der Waals surface area (Å²) in [4.78, 5) is 4.33. The Balaban J connectivity index is 2.24. The van der Waals surface area contributed by atoms with Crippen molar-refractivity contribution in [2.75, 3.05) is 7.11 Å². The van der Waals surface area contributed by atoms with Gasteiger partial charge in [0.2, 0.25) is 0 Å². The largest absolute Gasteiger partial charge is 0.497 e. The molecular formula is C14H12N2O. The minimum absolute atomic E-state index is 0.399. The standard InChI is InChI=1S/C14H12N2O/c1-17-13-5-3-12(4-6-13)14-7-2-11(8-9-15)10-16-14/h2-7,10H,8H2,1H3. The average Bonchev–Trinajstić information content (AvgIpc) is 2.40. The number of methoxy groups -OCH3 is 1. The summed E-state index contributed by atoms with van der Waals surface area (Å²) in [5.74, 6) is 0.829. The van der Waals surface area contributed by atoms with E-state index in [1.807, 2.05) is 36.4 Å². The number of rotatable bonds is 3. The molecule has 0 spiro atoms. The fourth-order valence-corrected chi connectivity index (χ4v) is 1.55. The normalized spacial score (nSPS) is 9.65. The Morgan fingerprint density at radius 3 is 2.47 bits per heavy atom. The first-order valence-electron chi connectivity index (χ1n) is 5.30.